The fourth-order valence-electron chi connectivity index (χ4n) is 0.851. The summed E-state index contributed by atoms with van der Waals surface area (Å²) in [7, 11) is 0. The lowest BCUT2D eigenvalue weighted by Gasteiger charge is -2.07. The third-order valence-electron chi connectivity index (χ3n) is 1.39. The van der Waals surface area contributed by atoms with E-state index in [2.05, 4.69) is 25.7 Å². The maximum atomic E-state index is 12.0. The van der Waals surface area contributed by atoms with Crippen LogP contribution in [0.25, 0.3) is 0 Å². The zero-order valence-corrected chi connectivity index (χ0v) is 9.10. The highest BCUT2D eigenvalue weighted by Gasteiger charge is 2.11. The highest BCUT2D eigenvalue weighted by atomic mass is 79.9. The van der Waals surface area contributed by atoms with Gasteiger partial charge in [-0.1, -0.05) is 11.6 Å². The summed E-state index contributed by atoms with van der Waals surface area (Å²) in [6.07, 6.45) is 1.34. The normalized spacial score (nSPS) is 9.36. The standard InChI is InChI=1S/C8H4BrClFNO2/c9-7-5(10)1-2-6(12-4-13)8(7)14-3-11/h1-2H,3H2. The van der Waals surface area contributed by atoms with Gasteiger partial charge in [-0.2, -0.15) is 4.99 Å². The number of hydrogen-bond donors (Lipinski definition) is 0. The summed E-state index contributed by atoms with van der Waals surface area (Å²) >= 11 is 8.82. The molecule has 0 spiro atoms. The molecular weight excluding hydrogens is 276 g/mol. The van der Waals surface area contributed by atoms with E-state index in [0.29, 0.717) is 9.50 Å². The van der Waals surface area contributed by atoms with Crippen LogP contribution in [0.4, 0.5) is 10.1 Å². The molecule has 1 aromatic rings. The minimum atomic E-state index is -1.03. The lowest BCUT2D eigenvalue weighted by Crippen LogP contribution is -1.92. The zero-order valence-electron chi connectivity index (χ0n) is 6.76. The molecule has 0 aromatic heterocycles. The van der Waals surface area contributed by atoms with Crippen molar-refractivity contribution in [3.63, 3.8) is 0 Å². The Hall–Kier alpha value is -0.900. The Labute approximate surface area is 92.7 Å². The van der Waals surface area contributed by atoms with Crippen molar-refractivity contribution in [1.82, 2.24) is 0 Å². The lowest BCUT2D eigenvalue weighted by atomic mass is 10.3. The second-order valence-corrected chi connectivity index (χ2v) is 3.37. The molecule has 0 aliphatic rings. The Bertz CT molecular complexity index is 393. The van der Waals surface area contributed by atoms with Crippen molar-refractivity contribution < 1.29 is 13.9 Å². The number of benzene rings is 1. The fourth-order valence-corrected chi connectivity index (χ4v) is 1.45. The van der Waals surface area contributed by atoms with Crippen LogP contribution in [-0.4, -0.2) is 12.9 Å². The Morgan fingerprint density at radius 3 is 2.93 bits per heavy atom. The molecule has 0 heterocycles. The largest absolute Gasteiger partial charge is 0.459 e. The second kappa shape index (κ2) is 5.10. The van der Waals surface area contributed by atoms with Crippen LogP contribution in [0, 0.1) is 0 Å². The molecular formula is C8H4BrClFNO2. The number of isocyanates is 1. The summed E-state index contributed by atoms with van der Waals surface area (Å²) in [4.78, 5) is 13.4. The molecule has 74 valence electrons. The molecule has 0 saturated carbocycles. The topological polar surface area (TPSA) is 38.7 Å². The van der Waals surface area contributed by atoms with E-state index in [1.807, 2.05) is 0 Å². The first-order valence-corrected chi connectivity index (χ1v) is 4.62. The van der Waals surface area contributed by atoms with Crippen molar-refractivity contribution in [2.24, 2.45) is 4.99 Å². The lowest BCUT2D eigenvalue weighted by molar-refractivity contribution is 0.191. The highest BCUT2D eigenvalue weighted by Crippen LogP contribution is 2.39. The van der Waals surface area contributed by atoms with E-state index < -0.39 is 6.86 Å². The molecule has 0 fully saturated rings. The van der Waals surface area contributed by atoms with Crippen molar-refractivity contribution in [2.75, 3.05) is 6.86 Å². The van der Waals surface area contributed by atoms with Crippen LogP contribution in [0.1, 0.15) is 0 Å². The van der Waals surface area contributed by atoms with Crippen LogP contribution in [0.5, 0.6) is 5.75 Å². The van der Waals surface area contributed by atoms with E-state index in [-0.39, 0.29) is 11.4 Å². The molecule has 14 heavy (non-hydrogen) atoms. The Balaban J connectivity index is 3.29. The number of nitrogens with zero attached hydrogens (tertiary/aromatic N) is 1. The number of halogens is 3. The summed E-state index contributed by atoms with van der Waals surface area (Å²) in [6.45, 7) is -1.03. The van der Waals surface area contributed by atoms with E-state index >= 15 is 0 Å². The van der Waals surface area contributed by atoms with Gasteiger partial charge in [0.2, 0.25) is 12.9 Å². The third kappa shape index (κ3) is 2.32. The van der Waals surface area contributed by atoms with Crippen molar-refractivity contribution in [2.45, 2.75) is 0 Å². The van der Waals surface area contributed by atoms with E-state index in [1.165, 1.54) is 18.2 Å². The number of hydrogen-bond acceptors (Lipinski definition) is 3. The molecule has 0 saturated heterocycles. The highest BCUT2D eigenvalue weighted by molar-refractivity contribution is 9.10. The predicted molar refractivity (Wildman–Crippen MR) is 53.5 cm³/mol. The maximum absolute atomic E-state index is 12.0. The van der Waals surface area contributed by atoms with Crippen molar-refractivity contribution in [3.8, 4) is 5.75 Å². The van der Waals surface area contributed by atoms with Crippen molar-refractivity contribution >= 4 is 39.3 Å². The van der Waals surface area contributed by atoms with Crippen LogP contribution in [0.2, 0.25) is 5.02 Å². The molecule has 6 heteroatoms. The first-order chi connectivity index (χ1) is 6.70. The van der Waals surface area contributed by atoms with Gasteiger partial charge in [-0.15, -0.1) is 0 Å². The summed E-state index contributed by atoms with van der Waals surface area (Å²) in [5.74, 6) is 0.0864. The van der Waals surface area contributed by atoms with Gasteiger partial charge in [0.05, 0.1) is 9.50 Å². The SMILES string of the molecule is O=C=Nc1ccc(Cl)c(Br)c1OCF. The maximum Gasteiger partial charge on any atom is 0.240 e. The van der Waals surface area contributed by atoms with Gasteiger partial charge in [-0.3, -0.25) is 0 Å². The molecule has 0 bridgehead atoms. The van der Waals surface area contributed by atoms with Gasteiger partial charge in [0.15, 0.2) is 5.75 Å². The van der Waals surface area contributed by atoms with Crippen molar-refractivity contribution in [3.05, 3.63) is 21.6 Å². The quantitative estimate of drug-likeness (QED) is 0.629. The van der Waals surface area contributed by atoms with Crippen LogP contribution in [0.15, 0.2) is 21.6 Å². The van der Waals surface area contributed by atoms with Gasteiger partial charge in [-0.05, 0) is 28.1 Å². The minimum absolute atomic E-state index is 0.0864. The minimum Gasteiger partial charge on any atom is -0.459 e. The molecule has 0 aliphatic heterocycles. The van der Waals surface area contributed by atoms with Crippen LogP contribution >= 0.6 is 27.5 Å². The summed E-state index contributed by atoms with van der Waals surface area (Å²) in [6, 6.07) is 2.94. The molecule has 0 radical (unpaired) electrons. The number of ether oxygens (including phenoxy) is 1. The molecule has 1 rings (SSSR count). The summed E-state index contributed by atoms with van der Waals surface area (Å²) in [5, 5.41) is 0.346. The third-order valence-corrected chi connectivity index (χ3v) is 2.72. The average molecular weight is 280 g/mol. The number of aliphatic imine (C=N–C) groups is 1. The smallest absolute Gasteiger partial charge is 0.240 e. The van der Waals surface area contributed by atoms with E-state index in [0.717, 1.165) is 0 Å². The molecule has 1 aromatic carbocycles. The number of rotatable bonds is 3. The van der Waals surface area contributed by atoms with E-state index in [1.54, 1.807) is 0 Å². The van der Waals surface area contributed by atoms with Gasteiger partial charge >= 0.3 is 0 Å². The van der Waals surface area contributed by atoms with Crippen LogP contribution < -0.4 is 4.74 Å². The van der Waals surface area contributed by atoms with Gasteiger partial charge < -0.3 is 4.74 Å². The first-order valence-electron chi connectivity index (χ1n) is 3.45. The molecule has 0 unspecified atom stereocenters. The number of carbonyl (C=O) groups excluding carboxylic acids is 1. The predicted octanol–water partition coefficient (Wildman–Crippen LogP) is 3.38. The molecule has 0 amide bonds. The second-order valence-electron chi connectivity index (χ2n) is 2.17. The van der Waals surface area contributed by atoms with Gasteiger partial charge in [0, 0.05) is 0 Å². The monoisotopic (exact) mass is 279 g/mol. The van der Waals surface area contributed by atoms with Crippen LogP contribution in [-0.2, 0) is 4.79 Å². The molecule has 0 N–H and O–H groups in total. The summed E-state index contributed by atoms with van der Waals surface area (Å²) < 4.78 is 17.0. The van der Waals surface area contributed by atoms with E-state index in [4.69, 9.17) is 11.6 Å². The molecule has 0 aliphatic carbocycles. The van der Waals surface area contributed by atoms with Gasteiger partial charge in [0.25, 0.3) is 0 Å². The van der Waals surface area contributed by atoms with Crippen molar-refractivity contribution in [1.29, 1.82) is 0 Å². The van der Waals surface area contributed by atoms with Gasteiger partial charge in [0.1, 0.15) is 5.69 Å². The van der Waals surface area contributed by atoms with Gasteiger partial charge in [-0.25, -0.2) is 9.18 Å². The van der Waals surface area contributed by atoms with E-state index in [9.17, 15) is 9.18 Å². The Kier molecular flexibility index (Phi) is 4.07. The zero-order chi connectivity index (χ0) is 10.6. The molecule has 3 nitrogen and oxygen atoms in total. The number of alkyl halides is 1. The Morgan fingerprint density at radius 1 is 1.64 bits per heavy atom. The Morgan fingerprint density at radius 2 is 2.36 bits per heavy atom. The summed E-state index contributed by atoms with van der Waals surface area (Å²) in [5.41, 5.74) is 0.175. The molecule has 0 atom stereocenters. The van der Waals surface area contributed by atoms with Crippen LogP contribution in [0.3, 0.4) is 0 Å². The fraction of sp³-hybridized carbons (Fsp3) is 0.125. The first kappa shape index (κ1) is 11.2. The average Bonchev–Trinajstić information content (AvgIpc) is 2.18.